The van der Waals surface area contributed by atoms with Crippen LogP contribution in [0.2, 0.25) is 0 Å². The van der Waals surface area contributed by atoms with Crippen LogP contribution < -0.4 is 5.32 Å². The molecule has 1 N–H and O–H groups in total. The SMILES string of the molecule is Cl.O=C(C=Cc1c(-c2ccccc2)nn2ccccc12)OCCC1CCCCN1. The molecule has 1 saturated heterocycles. The van der Waals surface area contributed by atoms with Crippen LogP contribution in [0.1, 0.15) is 31.2 Å². The lowest BCUT2D eigenvalue weighted by molar-refractivity contribution is -0.137. The molecule has 3 aromatic rings. The molecule has 0 aliphatic carbocycles. The number of esters is 1. The predicted molar refractivity (Wildman–Crippen MR) is 118 cm³/mol. The number of ether oxygens (including phenoxy) is 1. The smallest absolute Gasteiger partial charge is 0.330 e. The van der Waals surface area contributed by atoms with Crippen molar-refractivity contribution < 1.29 is 9.53 Å². The van der Waals surface area contributed by atoms with E-state index >= 15 is 0 Å². The summed E-state index contributed by atoms with van der Waals surface area (Å²) in [5.41, 5.74) is 3.74. The number of nitrogens with zero attached hydrogens (tertiary/aromatic N) is 2. The summed E-state index contributed by atoms with van der Waals surface area (Å²) in [6, 6.07) is 16.4. The summed E-state index contributed by atoms with van der Waals surface area (Å²) in [7, 11) is 0. The van der Waals surface area contributed by atoms with Crippen LogP contribution in [0, 0.1) is 0 Å². The van der Waals surface area contributed by atoms with Crippen molar-refractivity contribution in [3.63, 3.8) is 0 Å². The van der Waals surface area contributed by atoms with E-state index in [2.05, 4.69) is 10.4 Å². The number of benzene rings is 1. The van der Waals surface area contributed by atoms with E-state index in [0.29, 0.717) is 12.6 Å². The Kier molecular flexibility index (Phi) is 7.44. The highest BCUT2D eigenvalue weighted by molar-refractivity contribution is 5.92. The Morgan fingerprint density at radius 2 is 2.00 bits per heavy atom. The van der Waals surface area contributed by atoms with Gasteiger partial charge in [-0.25, -0.2) is 9.31 Å². The fraction of sp³-hybridized carbons (Fsp3) is 0.304. The van der Waals surface area contributed by atoms with Crippen molar-refractivity contribution in [1.82, 2.24) is 14.9 Å². The maximum atomic E-state index is 12.2. The van der Waals surface area contributed by atoms with Crippen LogP contribution >= 0.6 is 12.4 Å². The normalized spacial score (nSPS) is 16.6. The van der Waals surface area contributed by atoms with Crippen LogP contribution in [0.15, 0.2) is 60.8 Å². The second-order valence-electron chi connectivity index (χ2n) is 7.10. The number of carbonyl (C=O) groups excluding carboxylic acids is 1. The van der Waals surface area contributed by atoms with Gasteiger partial charge in [-0.15, -0.1) is 12.4 Å². The Bertz CT molecular complexity index is 963. The molecule has 1 aromatic carbocycles. The van der Waals surface area contributed by atoms with Crippen molar-refractivity contribution in [1.29, 1.82) is 0 Å². The number of fused-ring (bicyclic) bond motifs is 1. The Hall–Kier alpha value is -2.63. The summed E-state index contributed by atoms with van der Waals surface area (Å²) in [5.74, 6) is -0.315. The molecule has 1 fully saturated rings. The first-order valence-electron chi connectivity index (χ1n) is 9.92. The van der Waals surface area contributed by atoms with E-state index in [1.54, 1.807) is 0 Å². The molecule has 0 saturated carbocycles. The fourth-order valence-corrected chi connectivity index (χ4v) is 3.66. The highest BCUT2D eigenvalue weighted by atomic mass is 35.5. The average molecular weight is 412 g/mol. The minimum Gasteiger partial charge on any atom is -0.462 e. The van der Waals surface area contributed by atoms with Gasteiger partial charge in [0.1, 0.15) is 5.69 Å². The van der Waals surface area contributed by atoms with Gasteiger partial charge in [0.25, 0.3) is 0 Å². The fourth-order valence-electron chi connectivity index (χ4n) is 3.66. The number of pyridine rings is 1. The summed E-state index contributed by atoms with van der Waals surface area (Å²) in [6.07, 6.45) is 9.75. The summed E-state index contributed by atoms with van der Waals surface area (Å²) in [5, 5.41) is 8.16. The molecule has 1 atom stereocenters. The molecule has 4 rings (SSSR count). The standard InChI is InChI=1S/C23H25N3O2.ClH/c27-22(28-17-14-19-10-4-6-15-24-19)13-12-20-21-11-5-7-16-26(21)25-23(20)18-8-2-1-3-9-18;/h1-3,5,7-9,11-13,16,19,24H,4,6,10,14-15,17H2;1H. The molecule has 29 heavy (non-hydrogen) atoms. The molecule has 3 heterocycles. The number of carbonyl (C=O) groups is 1. The quantitative estimate of drug-likeness (QED) is 0.479. The van der Waals surface area contributed by atoms with Gasteiger partial charge in [0, 0.05) is 29.4 Å². The average Bonchev–Trinajstić information content (AvgIpc) is 3.12. The number of hydrogen-bond donors (Lipinski definition) is 1. The van der Waals surface area contributed by atoms with Crippen LogP contribution in [0.4, 0.5) is 0 Å². The van der Waals surface area contributed by atoms with Gasteiger partial charge in [-0.3, -0.25) is 0 Å². The van der Waals surface area contributed by atoms with E-state index < -0.39 is 0 Å². The lowest BCUT2D eigenvalue weighted by Gasteiger charge is -2.22. The van der Waals surface area contributed by atoms with Gasteiger partial charge in [-0.1, -0.05) is 42.8 Å². The number of rotatable bonds is 6. The van der Waals surface area contributed by atoms with Crippen LogP contribution in [-0.2, 0) is 9.53 Å². The molecule has 152 valence electrons. The zero-order valence-electron chi connectivity index (χ0n) is 16.3. The number of hydrogen-bond acceptors (Lipinski definition) is 4. The Balaban J connectivity index is 0.00000240. The number of nitrogens with one attached hydrogen (secondary N) is 1. The molecule has 1 unspecified atom stereocenters. The largest absolute Gasteiger partial charge is 0.462 e. The highest BCUT2D eigenvalue weighted by Gasteiger charge is 2.14. The van der Waals surface area contributed by atoms with E-state index in [-0.39, 0.29) is 18.4 Å². The van der Waals surface area contributed by atoms with Gasteiger partial charge in [0.2, 0.25) is 0 Å². The third kappa shape index (κ3) is 5.25. The van der Waals surface area contributed by atoms with Crippen LogP contribution in [-0.4, -0.2) is 34.8 Å². The molecule has 0 amide bonds. The summed E-state index contributed by atoms with van der Waals surface area (Å²) >= 11 is 0. The zero-order valence-corrected chi connectivity index (χ0v) is 17.1. The molecule has 5 nitrogen and oxygen atoms in total. The number of aromatic nitrogens is 2. The third-order valence-electron chi connectivity index (χ3n) is 5.13. The van der Waals surface area contributed by atoms with Gasteiger partial charge in [0.15, 0.2) is 0 Å². The molecular formula is C23H26ClN3O2. The van der Waals surface area contributed by atoms with E-state index in [4.69, 9.17) is 4.74 Å². The van der Waals surface area contributed by atoms with Crippen molar-refractivity contribution >= 4 is 30.0 Å². The lowest BCUT2D eigenvalue weighted by Crippen LogP contribution is -2.34. The van der Waals surface area contributed by atoms with Crippen molar-refractivity contribution in [3.05, 3.63) is 66.4 Å². The topological polar surface area (TPSA) is 55.6 Å². The Morgan fingerprint density at radius 1 is 1.17 bits per heavy atom. The van der Waals surface area contributed by atoms with Crippen molar-refractivity contribution in [2.24, 2.45) is 0 Å². The lowest BCUT2D eigenvalue weighted by atomic mass is 10.0. The third-order valence-corrected chi connectivity index (χ3v) is 5.13. The zero-order chi connectivity index (χ0) is 19.2. The molecule has 6 heteroatoms. The van der Waals surface area contributed by atoms with Crippen molar-refractivity contribution in [2.75, 3.05) is 13.2 Å². The van der Waals surface area contributed by atoms with Gasteiger partial charge in [-0.05, 0) is 44.0 Å². The van der Waals surface area contributed by atoms with Crippen LogP contribution in [0.5, 0.6) is 0 Å². The van der Waals surface area contributed by atoms with E-state index in [1.807, 2.05) is 65.3 Å². The van der Waals surface area contributed by atoms with Gasteiger partial charge in [0.05, 0.1) is 12.1 Å². The van der Waals surface area contributed by atoms with Crippen LogP contribution in [0.25, 0.3) is 22.9 Å². The van der Waals surface area contributed by atoms with Crippen molar-refractivity contribution in [2.45, 2.75) is 31.7 Å². The second kappa shape index (κ2) is 10.2. The monoisotopic (exact) mass is 411 g/mol. The molecule has 1 aliphatic heterocycles. The first kappa shape index (κ1) is 21.1. The number of piperidine rings is 1. The second-order valence-corrected chi connectivity index (χ2v) is 7.10. The van der Waals surface area contributed by atoms with Gasteiger partial charge in [-0.2, -0.15) is 5.10 Å². The number of halogens is 1. The maximum Gasteiger partial charge on any atom is 0.330 e. The van der Waals surface area contributed by atoms with E-state index in [1.165, 1.54) is 18.9 Å². The predicted octanol–water partition coefficient (Wildman–Crippen LogP) is 4.51. The Labute approximate surface area is 177 Å². The summed E-state index contributed by atoms with van der Waals surface area (Å²) < 4.78 is 7.24. The highest BCUT2D eigenvalue weighted by Crippen LogP contribution is 2.27. The van der Waals surface area contributed by atoms with E-state index in [9.17, 15) is 4.79 Å². The minimum absolute atomic E-state index is 0. The summed E-state index contributed by atoms with van der Waals surface area (Å²) in [4.78, 5) is 12.2. The molecule has 0 radical (unpaired) electrons. The molecule has 0 spiro atoms. The summed E-state index contributed by atoms with van der Waals surface area (Å²) in [6.45, 7) is 1.51. The van der Waals surface area contributed by atoms with Gasteiger partial charge < -0.3 is 10.1 Å². The van der Waals surface area contributed by atoms with Gasteiger partial charge >= 0.3 is 5.97 Å². The minimum atomic E-state index is -0.315. The van der Waals surface area contributed by atoms with E-state index in [0.717, 1.165) is 41.7 Å². The molecular weight excluding hydrogens is 386 g/mol. The van der Waals surface area contributed by atoms with Crippen LogP contribution in [0.3, 0.4) is 0 Å². The first-order valence-corrected chi connectivity index (χ1v) is 9.92. The van der Waals surface area contributed by atoms with Crippen molar-refractivity contribution in [3.8, 4) is 11.3 Å². The molecule has 0 bridgehead atoms. The molecule has 2 aromatic heterocycles. The molecule has 1 aliphatic rings. The Morgan fingerprint density at radius 3 is 2.79 bits per heavy atom. The first-order chi connectivity index (χ1) is 13.8. The maximum absolute atomic E-state index is 12.2.